The lowest BCUT2D eigenvalue weighted by molar-refractivity contribution is 0.0734. The van der Waals surface area contributed by atoms with Crippen molar-refractivity contribution in [2.24, 2.45) is 0 Å². The summed E-state index contributed by atoms with van der Waals surface area (Å²) in [6.07, 6.45) is 1.28. The van der Waals surface area contributed by atoms with Crippen molar-refractivity contribution in [1.82, 2.24) is 9.88 Å². The summed E-state index contributed by atoms with van der Waals surface area (Å²) < 4.78 is 10.4. The highest BCUT2D eigenvalue weighted by atomic mass is 16.5. The Morgan fingerprint density at radius 3 is 2.70 bits per heavy atom. The Morgan fingerprint density at radius 2 is 2.10 bits per heavy atom. The van der Waals surface area contributed by atoms with Gasteiger partial charge in [0.15, 0.2) is 12.1 Å². The van der Waals surface area contributed by atoms with Crippen LogP contribution in [-0.2, 0) is 0 Å². The summed E-state index contributed by atoms with van der Waals surface area (Å²) in [5.41, 5.74) is 1.29. The molecule has 5 heteroatoms. The van der Waals surface area contributed by atoms with Crippen molar-refractivity contribution in [2.45, 2.75) is 19.9 Å². The summed E-state index contributed by atoms with van der Waals surface area (Å²) in [7, 11) is 3.36. The third kappa shape index (κ3) is 2.52. The Labute approximate surface area is 118 Å². The number of oxazole rings is 1. The van der Waals surface area contributed by atoms with Gasteiger partial charge in [0.2, 0.25) is 0 Å². The number of benzene rings is 1. The van der Waals surface area contributed by atoms with Crippen molar-refractivity contribution in [3.63, 3.8) is 0 Å². The number of para-hydroxylation sites is 1. The summed E-state index contributed by atoms with van der Waals surface area (Å²) in [4.78, 5) is 18.0. The van der Waals surface area contributed by atoms with Gasteiger partial charge in [-0.05, 0) is 19.9 Å². The minimum atomic E-state index is -0.172. The van der Waals surface area contributed by atoms with Gasteiger partial charge in [0, 0.05) is 12.6 Å². The highest BCUT2D eigenvalue weighted by molar-refractivity contribution is 5.93. The molecule has 1 atom stereocenters. The van der Waals surface area contributed by atoms with Gasteiger partial charge in [-0.15, -0.1) is 0 Å². The van der Waals surface area contributed by atoms with Gasteiger partial charge < -0.3 is 14.1 Å². The maximum absolute atomic E-state index is 12.4. The maximum Gasteiger partial charge on any atom is 0.276 e. The lowest BCUT2D eigenvalue weighted by atomic mass is 10.1. The van der Waals surface area contributed by atoms with E-state index in [9.17, 15) is 4.79 Å². The molecule has 0 N–H and O–H groups in total. The number of amides is 1. The summed E-state index contributed by atoms with van der Waals surface area (Å²) in [5.74, 6) is 1.11. The first-order valence-electron chi connectivity index (χ1n) is 6.36. The van der Waals surface area contributed by atoms with Gasteiger partial charge in [0.05, 0.1) is 13.2 Å². The van der Waals surface area contributed by atoms with E-state index in [2.05, 4.69) is 4.98 Å². The molecule has 20 heavy (non-hydrogen) atoms. The van der Waals surface area contributed by atoms with Crippen molar-refractivity contribution in [1.29, 1.82) is 0 Å². The van der Waals surface area contributed by atoms with Crippen LogP contribution in [0, 0.1) is 6.92 Å². The molecule has 0 spiro atoms. The molecule has 2 aromatic rings. The summed E-state index contributed by atoms with van der Waals surface area (Å²) in [6, 6.07) is 7.52. The third-order valence-electron chi connectivity index (χ3n) is 3.44. The zero-order valence-electron chi connectivity index (χ0n) is 12.1. The van der Waals surface area contributed by atoms with E-state index in [4.69, 9.17) is 9.15 Å². The first kappa shape index (κ1) is 14.1. The minimum Gasteiger partial charge on any atom is -0.496 e. The van der Waals surface area contributed by atoms with Gasteiger partial charge in [0.25, 0.3) is 5.91 Å². The molecule has 0 aliphatic rings. The van der Waals surface area contributed by atoms with Gasteiger partial charge in [-0.2, -0.15) is 0 Å². The molecule has 1 aromatic heterocycles. The number of hydrogen-bond donors (Lipinski definition) is 0. The number of carbonyl (C=O) groups is 1. The Balaban J connectivity index is 2.27. The molecule has 1 amide bonds. The second-order valence-corrected chi connectivity index (χ2v) is 4.59. The fraction of sp³-hybridized carbons (Fsp3) is 0.333. The molecule has 1 heterocycles. The van der Waals surface area contributed by atoms with Gasteiger partial charge in [0.1, 0.15) is 11.5 Å². The number of carbonyl (C=O) groups excluding carboxylic acids is 1. The van der Waals surface area contributed by atoms with Gasteiger partial charge in [-0.1, -0.05) is 18.2 Å². The molecule has 0 aliphatic carbocycles. The van der Waals surface area contributed by atoms with Crippen LogP contribution >= 0.6 is 0 Å². The van der Waals surface area contributed by atoms with Crippen LogP contribution in [-0.4, -0.2) is 29.9 Å². The van der Waals surface area contributed by atoms with Gasteiger partial charge >= 0.3 is 0 Å². The molecular formula is C15H18N2O3. The first-order chi connectivity index (χ1) is 9.56. The molecule has 0 radical (unpaired) electrons. The summed E-state index contributed by atoms with van der Waals surface area (Å²) in [6.45, 7) is 3.67. The minimum absolute atomic E-state index is 0.130. The van der Waals surface area contributed by atoms with E-state index in [0.29, 0.717) is 11.5 Å². The smallest absolute Gasteiger partial charge is 0.276 e. The van der Waals surface area contributed by atoms with Crippen LogP contribution in [0.2, 0.25) is 0 Å². The Kier molecular flexibility index (Phi) is 4.08. The normalized spacial score (nSPS) is 12.0. The van der Waals surface area contributed by atoms with Crippen molar-refractivity contribution in [3.05, 3.63) is 47.7 Å². The molecule has 0 saturated carbocycles. The number of hydrogen-bond acceptors (Lipinski definition) is 4. The van der Waals surface area contributed by atoms with Crippen molar-refractivity contribution in [3.8, 4) is 5.75 Å². The van der Waals surface area contributed by atoms with E-state index in [1.165, 1.54) is 6.39 Å². The van der Waals surface area contributed by atoms with E-state index in [1.54, 1.807) is 26.0 Å². The maximum atomic E-state index is 12.4. The molecular weight excluding hydrogens is 256 g/mol. The van der Waals surface area contributed by atoms with Crippen LogP contribution in [0.5, 0.6) is 5.75 Å². The predicted molar refractivity (Wildman–Crippen MR) is 74.7 cm³/mol. The van der Waals surface area contributed by atoms with E-state index in [0.717, 1.165) is 11.3 Å². The predicted octanol–water partition coefficient (Wildman–Crippen LogP) is 2.82. The van der Waals surface area contributed by atoms with Crippen LogP contribution in [0.1, 0.15) is 34.8 Å². The molecule has 0 aliphatic heterocycles. The molecule has 1 unspecified atom stereocenters. The van der Waals surface area contributed by atoms with E-state index >= 15 is 0 Å². The van der Waals surface area contributed by atoms with Gasteiger partial charge in [-0.25, -0.2) is 4.98 Å². The van der Waals surface area contributed by atoms with Crippen molar-refractivity contribution < 1.29 is 13.9 Å². The second kappa shape index (κ2) is 5.77. The summed E-state index contributed by atoms with van der Waals surface area (Å²) >= 11 is 0. The van der Waals surface area contributed by atoms with Crippen molar-refractivity contribution in [2.75, 3.05) is 14.2 Å². The number of ether oxygens (including phenoxy) is 1. The topological polar surface area (TPSA) is 55.6 Å². The highest BCUT2D eigenvalue weighted by Gasteiger charge is 2.24. The molecule has 1 aromatic carbocycles. The molecule has 5 nitrogen and oxygen atoms in total. The zero-order valence-corrected chi connectivity index (χ0v) is 12.1. The van der Waals surface area contributed by atoms with E-state index in [1.807, 2.05) is 31.2 Å². The molecule has 0 fully saturated rings. The quantitative estimate of drug-likeness (QED) is 0.860. The molecule has 2 rings (SSSR count). The molecule has 0 bridgehead atoms. The van der Waals surface area contributed by atoms with E-state index < -0.39 is 0 Å². The average Bonchev–Trinajstić information content (AvgIpc) is 2.91. The van der Waals surface area contributed by atoms with Gasteiger partial charge in [-0.3, -0.25) is 4.79 Å². The van der Waals surface area contributed by atoms with Crippen LogP contribution < -0.4 is 4.74 Å². The average molecular weight is 274 g/mol. The fourth-order valence-electron chi connectivity index (χ4n) is 2.07. The van der Waals surface area contributed by atoms with E-state index in [-0.39, 0.29) is 11.9 Å². The zero-order chi connectivity index (χ0) is 14.7. The third-order valence-corrected chi connectivity index (χ3v) is 3.44. The fourth-order valence-corrected chi connectivity index (χ4v) is 2.07. The van der Waals surface area contributed by atoms with Crippen molar-refractivity contribution >= 4 is 5.91 Å². The number of rotatable bonds is 4. The lowest BCUT2D eigenvalue weighted by Gasteiger charge is -2.26. The summed E-state index contributed by atoms with van der Waals surface area (Å²) in [5, 5.41) is 0. The Bertz CT molecular complexity index is 607. The second-order valence-electron chi connectivity index (χ2n) is 4.59. The standard InChI is InChI=1S/C15H18N2O3/c1-10(12-7-5-6-8-13(12)19-4)17(3)15(18)14-11(2)20-9-16-14/h5-10H,1-4H3. The SMILES string of the molecule is COc1ccccc1C(C)N(C)C(=O)c1ncoc1C. The molecule has 106 valence electrons. The number of aryl methyl sites for hydroxylation is 1. The van der Waals surface area contributed by atoms with Crippen LogP contribution in [0.25, 0.3) is 0 Å². The monoisotopic (exact) mass is 274 g/mol. The van der Waals surface area contributed by atoms with Crippen LogP contribution in [0.4, 0.5) is 0 Å². The number of methoxy groups -OCH3 is 1. The largest absolute Gasteiger partial charge is 0.496 e. The molecule has 0 saturated heterocycles. The number of aromatic nitrogens is 1. The lowest BCUT2D eigenvalue weighted by Crippen LogP contribution is -2.30. The van der Waals surface area contributed by atoms with Crippen LogP contribution in [0.3, 0.4) is 0 Å². The van der Waals surface area contributed by atoms with Crippen LogP contribution in [0.15, 0.2) is 35.1 Å². The Morgan fingerprint density at radius 1 is 1.40 bits per heavy atom. The first-order valence-corrected chi connectivity index (χ1v) is 6.36. The highest BCUT2D eigenvalue weighted by Crippen LogP contribution is 2.29. The Hall–Kier alpha value is -2.30. The number of nitrogens with zero attached hydrogens (tertiary/aromatic N) is 2.